The molecule has 1 heterocycles. The Hall–Kier alpha value is -0.990. The molecule has 1 aromatic rings. The molecule has 0 unspecified atom stereocenters. The summed E-state index contributed by atoms with van der Waals surface area (Å²) in [5.74, 6) is 1.45. The molecule has 1 rings (SSSR count). The minimum Gasteiger partial charge on any atom is -0.394 e. The Morgan fingerprint density at radius 3 is 2.00 bits per heavy atom. The van der Waals surface area contributed by atoms with E-state index in [0.717, 1.165) is 17.1 Å². The normalized spacial score (nSPS) is 11.5. The van der Waals surface area contributed by atoms with E-state index in [1.165, 1.54) is 0 Å². The lowest BCUT2D eigenvalue weighted by atomic mass is 10.1. The van der Waals surface area contributed by atoms with E-state index in [0.29, 0.717) is 11.8 Å². The first-order valence-corrected chi connectivity index (χ1v) is 4.29. The number of anilines is 1. The van der Waals surface area contributed by atoms with Gasteiger partial charge in [0.25, 0.3) is 0 Å². The van der Waals surface area contributed by atoms with Crippen LogP contribution in [0.25, 0.3) is 0 Å². The molecular weight excluding hydrogens is 152 g/mol. The lowest BCUT2D eigenvalue weighted by molar-refractivity contribution is 0.364. The maximum absolute atomic E-state index is 5.85. The number of aromatic nitrogens is 1. The average molecular weight is 168 g/mol. The standard InChI is InChI=1S/C9H16N2O/c1-5(2)8-7(10)9(6(3)4)12-11-8/h5-6H,10H2,1-4H3. The molecule has 0 spiro atoms. The van der Waals surface area contributed by atoms with Crippen LogP contribution in [0.2, 0.25) is 0 Å². The average Bonchev–Trinajstić information content (AvgIpc) is 2.30. The molecule has 68 valence electrons. The van der Waals surface area contributed by atoms with Gasteiger partial charge in [0.05, 0.1) is 5.69 Å². The van der Waals surface area contributed by atoms with Crippen LogP contribution in [0.3, 0.4) is 0 Å². The fraction of sp³-hybridized carbons (Fsp3) is 0.667. The highest BCUT2D eigenvalue weighted by molar-refractivity contribution is 5.48. The fourth-order valence-electron chi connectivity index (χ4n) is 1.16. The first-order valence-electron chi connectivity index (χ1n) is 4.29. The van der Waals surface area contributed by atoms with Crippen LogP contribution < -0.4 is 5.73 Å². The summed E-state index contributed by atoms with van der Waals surface area (Å²) < 4.78 is 5.14. The van der Waals surface area contributed by atoms with E-state index in [2.05, 4.69) is 19.0 Å². The molecule has 0 aliphatic rings. The van der Waals surface area contributed by atoms with E-state index >= 15 is 0 Å². The summed E-state index contributed by atoms with van der Waals surface area (Å²) in [6.45, 7) is 8.19. The number of rotatable bonds is 2. The molecule has 3 nitrogen and oxygen atoms in total. The van der Waals surface area contributed by atoms with Gasteiger partial charge in [0.15, 0.2) is 5.76 Å². The Bertz CT molecular complexity index is 238. The predicted octanol–water partition coefficient (Wildman–Crippen LogP) is 2.50. The highest BCUT2D eigenvalue weighted by atomic mass is 16.5. The van der Waals surface area contributed by atoms with Gasteiger partial charge >= 0.3 is 0 Å². The maximum atomic E-state index is 5.85. The third-order valence-electron chi connectivity index (χ3n) is 1.86. The van der Waals surface area contributed by atoms with E-state index in [1.54, 1.807) is 0 Å². The van der Waals surface area contributed by atoms with Crippen LogP contribution in [0.1, 0.15) is 51.0 Å². The molecule has 3 heteroatoms. The third-order valence-corrected chi connectivity index (χ3v) is 1.86. The van der Waals surface area contributed by atoms with E-state index in [9.17, 15) is 0 Å². The number of hydrogen-bond donors (Lipinski definition) is 1. The van der Waals surface area contributed by atoms with Crippen molar-refractivity contribution in [3.63, 3.8) is 0 Å². The molecule has 0 aliphatic carbocycles. The van der Waals surface area contributed by atoms with Gasteiger partial charge in [-0.05, 0) is 0 Å². The summed E-state index contributed by atoms with van der Waals surface area (Å²) >= 11 is 0. The van der Waals surface area contributed by atoms with Crippen molar-refractivity contribution in [3.8, 4) is 0 Å². The van der Waals surface area contributed by atoms with E-state index in [1.807, 2.05) is 13.8 Å². The Labute approximate surface area is 72.9 Å². The first kappa shape index (κ1) is 9.10. The van der Waals surface area contributed by atoms with Gasteiger partial charge in [0, 0.05) is 11.8 Å². The summed E-state index contributed by atoms with van der Waals surface area (Å²) in [5, 5.41) is 3.94. The summed E-state index contributed by atoms with van der Waals surface area (Å²) in [5.41, 5.74) is 7.44. The summed E-state index contributed by atoms with van der Waals surface area (Å²) in [7, 11) is 0. The highest BCUT2D eigenvalue weighted by Crippen LogP contribution is 2.28. The lowest BCUT2D eigenvalue weighted by Gasteiger charge is -2.01. The minimum atomic E-state index is 0.310. The van der Waals surface area contributed by atoms with Crippen molar-refractivity contribution in [3.05, 3.63) is 11.5 Å². The molecular formula is C9H16N2O. The molecule has 0 radical (unpaired) electrons. The molecule has 0 aliphatic heterocycles. The molecule has 2 N–H and O–H groups in total. The molecule has 0 bridgehead atoms. The molecule has 0 atom stereocenters. The molecule has 0 aromatic carbocycles. The largest absolute Gasteiger partial charge is 0.394 e. The fourth-order valence-corrected chi connectivity index (χ4v) is 1.16. The number of nitrogen functional groups attached to an aromatic ring is 1. The van der Waals surface area contributed by atoms with Crippen LogP contribution >= 0.6 is 0 Å². The SMILES string of the molecule is CC(C)c1noc(C(C)C)c1N. The summed E-state index contributed by atoms with van der Waals surface area (Å²) in [6, 6.07) is 0. The van der Waals surface area contributed by atoms with Crippen molar-refractivity contribution < 1.29 is 4.52 Å². The molecule has 0 fully saturated rings. The molecule has 0 saturated carbocycles. The van der Waals surface area contributed by atoms with Crippen molar-refractivity contribution in [2.75, 3.05) is 5.73 Å². The van der Waals surface area contributed by atoms with Crippen LogP contribution in [0, 0.1) is 0 Å². The first-order chi connectivity index (χ1) is 5.54. The van der Waals surface area contributed by atoms with Gasteiger partial charge in [0.1, 0.15) is 5.69 Å². The van der Waals surface area contributed by atoms with E-state index in [-0.39, 0.29) is 0 Å². The predicted molar refractivity (Wildman–Crippen MR) is 49.1 cm³/mol. The van der Waals surface area contributed by atoms with Crippen molar-refractivity contribution >= 4 is 5.69 Å². The second kappa shape index (κ2) is 3.17. The molecule has 1 aromatic heterocycles. The number of nitrogens with two attached hydrogens (primary N) is 1. The summed E-state index contributed by atoms with van der Waals surface area (Å²) in [4.78, 5) is 0. The number of nitrogens with zero attached hydrogens (tertiary/aromatic N) is 1. The van der Waals surface area contributed by atoms with Crippen LogP contribution in [0.4, 0.5) is 5.69 Å². The Morgan fingerprint density at radius 2 is 1.75 bits per heavy atom. The topological polar surface area (TPSA) is 52.0 Å². The Kier molecular flexibility index (Phi) is 2.40. The second-order valence-corrected chi connectivity index (χ2v) is 3.66. The highest BCUT2D eigenvalue weighted by Gasteiger charge is 2.17. The van der Waals surface area contributed by atoms with E-state index < -0.39 is 0 Å². The van der Waals surface area contributed by atoms with Crippen molar-refractivity contribution in [2.24, 2.45) is 0 Å². The smallest absolute Gasteiger partial charge is 0.162 e. The van der Waals surface area contributed by atoms with Crippen LogP contribution in [0.15, 0.2) is 4.52 Å². The zero-order chi connectivity index (χ0) is 9.30. The maximum Gasteiger partial charge on any atom is 0.162 e. The van der Waals surface area contributed by atoms with Gasteiger partial charge in [-0.3, -0.25) is 0 Å². The Morgan fingerprint density at radius 1 is 1.17 bits per heavy atom. The summed E-state index contributed by atoms with van der Waals surface area (Å²) in [6.07, 6.45) is 0. The van der Waals surface area contributed by atoms with Gasteiger partial charge in [-0.2, -0.15) is 0 Å². The van der Waals surface area contributed by atoms with Crippen LogP contribution in [0.5, 0.6) is 0 Å². The van der Waals surface area contributed by atoms with Crippen molar-refractivity contribution in [2.45, 2.75) is 39.5 Å². The zero-order valence-electron chi connectivity index (χ0n) is 8.09. The van der Waals surface area contributed by atoms with Crippen LogP contribution in [-0.4, -0.2) is 5.16 Å². The van der Waals surface area contributed by atoms with Gasteiger partial charge < -0.3 is 10.3 Å². The Balaban J connectivity index is 3.04. The zero-order valence-corrected chi connectivity index (χ0v) is 8.09. The molecule has 0 amide bonds. The second-order valence-electron chi connectivity index (χ2n) is 3.66. The third kappa shape index (κ3) is 1.44. The monoisotopic (exact) mass is 168 g/mol. The van der Waals surface area contributed by atoms with Crippen molar-refractivity contribution in [1.82, 2.24) is 5.16 Å². The van der Waals surface area contributed by atoms with Gasteiger partial charge in [-0.1, -0.05) is 32.9 Å². The minimum absolute atomic E-state index is 0.310. The number of hydrogen-bond acceptors (Lipinski definition) is 3. The molecule has 0 saturated heterocycles. The van der Waals surface area contributed by atoms with Crippen LogP contribution in [-0.2, 0) is 0 Å². The quantitative estimate of drug-likeness (QED) is 0.738. The van der Waals surface area contributed by atoms with Crippen molar-refractivity contribution in [1.29, 1.82) is 0 Å². The van der Waals surface area contributed by atoms with E-state index in [4.69, 9.17) is 10.3 Å². The molecule has 12 heavy (non-hydrogen) atoms. The van der Waals surface area contributed by atoms with Gasteiger partial charge in [-0.15, -0.1) is 0 Å². The lowest BCUT2D eigenvalue weighted by Crippen LogP contribution is -1.97. The van der Waals surface area contributed by atoms with Gasteiger partial charge in [0.2, 0.25) is 0 Å². The van der Waals surface area contributed by atoms with Gasteiger partial charge in [-0.25, -0.2) is 0 Å².